The first-order valence-corrected chi connectivity index (χ1v) is 9.43. The van der Waals surface area contributed by atoms with Crippen LogP contribution >= 0.6 is 0 Å². The molecular formula is C21H33NO4. The smallest absolute Gasteiger partial charge is 0.308 e. The lowest BCUT2D eigenvalue weighted by atomic mass is 9.86. The van der Waals surface area contributed by atoms with E-state index in [1.54, 1.807) is 0 Å². The Morgan fingerprint density at radius 3 is 2.50 bits per heavy atom. The van der Waals surface area contributed by atoms with Gasteiger partial charge in [0.2, 0.25) is 0 Å². The predicted octanol–water partition coefficient (Wildman–Crippen LogP) is 2.92. The van der Waals surface area contributed by atoms with Crippen LogP contribution in [0.1, 0.15) is 44.7 Å². The molecule has 1 aliphatic heterocycles. The number of aliphatic hydroxyl groups excluding tert-OH is 1. The van der Waals surface area contributed by atoms with Crippen LogP contribution in [0.4, 0.5) is 0 Å². The molecule has 0 spiro atoms. The van der Waals surface area contributed by atoms with Gasteiger partial charge in [-0.25, -0.2) is 0 Å². The van der Waals surface area contributed by atoms with Crippen molar-refractivity contribution in [2.24, 2.45) is 5.92 Å². The second kappa shape index (κ2) is 8.87. The van der Waals surface area contributed by atoms with Crippen LogP contribution in [-0.4, -0.2) is 55.4 Å². The number of piperidine rings is 1. The Kier molecular flexibility index (Phi) is 7.07. The first-order valence-electron chi connectivity index (χ1n) is 9.43. The van der Waals surface area contributed by atoms with Crippen molar-refractivity contribution in [3.63, 3.8) is 0 Å². The van der Waals surface area contributed by atoms with E-state index in [2.05, 4.69) is 37.8 Å². The molecule has 2 rings (SSSR count). The maximum absolute atomic E-state index is 11.6. The van der Waals surface area contributed by atoms with Gasteiger partial charge in [-0.2, -0.15) is 0 Å². The van der Waals surface area contributed by atoms with Gasteiger partial charge < -0.3 is 19.5 Å². The average molecular weight is 363 g/mol. The molecule has 5 nitrogen and oxygen atoms in total. The lowest BCUT2D eigenvalue weighted by Gasteiger charge is -2.31. The fourth-order valence-electron chi connectivity index (χ4n) is 3.33. The zero-order valence-electron chi connectivity index (χ0n) is 16.7. The second-order valence-corrected chi connectivity index (χ2v) is 8.29. The Bertz CT molecular complexity index is 601. The fourth-order valence-corrected chi connectivity index (χ4v) is 3.33. The lowest BCUT2D eigenvalue weighted by molar-refractivity contribution is -0.147. The van der Waals surface area contributed by atoms with E-state index in [0.29, 0.717) is 6.54 Å². The summed E-state index contributed by atoms with van der Waals surface area (Å²) in [5, 5.41) is 10.3. The minimum Gasteiger partial charge on any atom is -0.491 e. The summed E-state index contributed by atoms with van der Waals surface area (Å²) in [5.74, 6) is 0.692. The van der Waals surface area contributed by atoms with Gasteiger partial charge in [0.1, 0.15) is 18.5 Å². The Labute approximate surface area is 157 Å². The zero-order valence-corrected chi connectivity index (χ0v) is 16.7. The van der Waals surface area contributed by atoms with Gasteiger partial charge in [-0.05, 0) is 55.5 Å². The van der Waals surface area contributed by atoms with Gasteiger partial charge in [-0.1, -0.05) is 32.9 Å². The molecule has 1 aliphatic rings. The normalized spacial score (nSPS) is 17.8. The van der Waals surface area contributed by atoms with E-state index in [0.717, 1.165) is 37.2 Å². The van der Waals surface area contributed by atoms with Crippen molar-refractivity contribution in [3.05, 3.63) is 29.3 Å². The van der Waals surface area contributed by atoms with E-state index < -0.39 is 6.10 Å². The molecule has 5 heteroatoms. The molecule has 146 valence electrons. The van der Waals surface area contributed by atoms with E-state index in [-0.39, 0.29) is 23.9 Å². The molecule has 1 aromatic rings. The van der Waals surface area contributed by atoms with Gasteiger partial charge >= 0.3 is 5.97 Å². The standard InChI is InChI=1S/C21H33NO4/c1-15-12-17(21(2,3)4)6-7-19(15)26-14-18(23)13-22-10-8-16(9-11-22)20(24)25-5/h6-7,12,16,18,23H,8-11,13-14H2,1-5H3. The highest BCUT2D eigenvalue weighted by Gasteiger charge is 2.26. The number of hydrogen-bond donors (Lipinski definition) is 1. The third kappa shape index (κ3) is 5.71. The maximum atomic E-state index is 11.6. The van der Waals surface area contributed by atoms with E-state index in [1.165, 1.54) is 12.7 Å². The van der Waals surface area contributed by atoms with Crippen LogP contribution in [0.5, 0.6) is 5.75 Å². The van der Waals surface area contributed by atoms with Crippen LogP contribution in [0.3, 0.4) is 0 Å². The number of carbonyl (C=O) groups excluding carboxylic acids is 1. The number of carbonyl (C=O) groups is 1. The summed E-state index contributed by atoms with van der Waals surface area (Å²) in [5.41, 5.74) is 2.47. The van der Waals surface area contributed by atoms with E-state index >= 15 is 0 Å². The number of ether oxygens (including phenoxy) is 2. The number of esters is 1. The van der Waals surface area contributed by atoms with Crippen LogP contribution in [0.15, 0.2) is 18.2 Å². The van der Waals surface area contributed by atoms with Crippen LogP contribution in [0.2, 0.25) is 0 Å². The Morgan fingerprint density at radius 1 is 1.31 bits per heavy atom. The number of methoxy groups -OCH3 is 1. The molecule has 1 atom stereocenters. The Balaban J connectivity index is 1.79. The van der Waals surface area contributed by atoms with Crippen molar-refractivity contribution >= 4 is 5.97 Å². The maximum Gasteiger partial charge on any atom is 0.308 e. The van der Waals surface area contributed by atoms with Gasteiger partial charge in [0.15, 0.2) is 0 Å². The van der Waals surface area contributed by atoms with Gasteiger partial charge in [0.05, 0.1) is 13.0 Å². The SMILES string of the molecule is COC(=O)C1CCN(CC(O)COc2ccc(C(C)(C)C)cc2C)CC1. The van der Waals surface area contributed by atoms with Crippen molar-refractivity contribution < 1.29 is 19.4 Å². The fraction of sp³-hybridized carbons (Fsp3) is 0.667. The molecule has 1 aromatic carbocycles. The van der Waals surface area contributed by atoms with Crippen LogP contribution in [-0.2, 0) is 14.9 Å². The number of aryl methyl sites for hydroxylation is 1. The molecule has 1 heterocycles. The Hall–Kier alpha value is -1.59. The van der Waals surface area contributed by atoms with Crippen LogP contribution in [0, 0.1) is 12.8 Å². The summed E-state index contributed by atoms with van der Waals surface area (Å²) in [7, 11) is 1.44. The number of benzene rings is 1. The van der Waals surface area contributed by atoms with Crippen molar-refractivity contribution in [1.29, 1.82) is 0 Å². The topological polar surface area (TPSA) is 59.0 Å². The summed E-state index contributed by atoms with van der Waals surface area (Å²) in [6.07, 6.45) is 1.02. The minimum atomic E-state index is -0.550. The molecule has 0 saturated carbocycles. The lowest BCUT2D eigenvalue weighted by Crippen LogP contribution is -2.42. The molecule has 0 amide bonds. The monoisotopic (exact) mass is 363 g/mol. The molecule has 26 heavy (non-hydrogen) atoms. The second-order valence-electron chi connectivity index (χ2n) is 8.29. The molecule has 0 bridgehead atoms. The van der Waals surface area contributed by atoms with Gasteiger partial charge in [-0.15, -0.1) is 0 Å². The minimum absolute atomic E-state index is 0.00590. The number of likely N-dealkylation sites (tertiary alicyclic amines) is 1. The van der Waals surface area contributed by atoms with E-state index in [9.17, 15) is 9.90 Å². The van der Waals surface area contributed by atoms with E-state index in [1.807, 2.05) is 13.0 Å². The zero-order chi connectivity index (χ0) is 19.3. The van der Waals surface area contributed by atoms with Gasteiger partial charge in [0, 0.05) is 6.54 Å². The van der Waals surface area contributed by atoms with Gasteiger partial charge in [0.25, 0.3) is 0 Å². The third-order valence-electron chi connectivity index (χ3n) is 5.06. The highest BCUT2D eigenvalue weighted by Crippen LogP contribution is 2.27. The number of nitrogens with zero attached hydrogens (tertiary/aromatic N) is 1. The first kappa shape index (κ1) is 20.7. The average Bonchev–Trinajstić information content (AvgIpc) is 2.59. The molecule has 1 fully saturated rings. The number of rotatable bonds is 6. The van der Waals surface area contributed by atoms with Crippen molar-refractivity contribution in [1.82, 2.24) is 4.90 Å². The summed E-state index contributed by atoms with van der Waals surface area (Å²) >= 11 is 0. The highest BCUT2D eigenvalue weighted by atomic mass is 16.5. The van der Waals surface area contributed by atoms with Crippen molar-refractivity contribution in [2.75, 3.05) is 33.4 Å². The van der Waals surface area contributed by atoms with Crippen molar-refractivity contribution in [3.8, 4) is 5.75 Å². The van der Waals surface area contributed by atoms with Gasteiger partial charge in [-0.3, -0.25) is 4.79 Å². The summed E-state index contributed by atoms with van der Waals surface area (Å²) in [6.45, 7) is 11.0. The highest BCUT2D eigenvalue weighted by molar-refractivity contribution is 5.72. The first-order chi connectivity index (χ1) is 12.2. The Morgan fingerprint density at radius 2 is 1.96 bits per heavy atom. The molecular weight excluding hydrogens is 330 g/mol. The molecule has 1 saturated heterocycles. The molecule has 0 aliphatic carbocycles. The molecule has 1 unspecified atom stereocenters. The molecule has 0 radical (unpaired) electrons. The number of β-amino-alcohol motifs (C(OH)–C–C–N with tert-alkyl or cyclic N) is 1. The largest absolute Gasteiger partial charge is 0.491 e. The molecule has 0 aromatic heterocycles. The quantitative estimate of drug-likeness (QED) is 0.788. The number of aliphatic hydroxyl groups is 1. The summed E-state index contributed by atoms with van der Waals surface area (Å²) in [6, 6.07) is 6.23. The predicted molar refractivity (Wildman–Crippen MR) is 103 cm³/mol. The number of hydrogen-bond acceptors (Lipinski definition) is 5. The molecule has 1 N–H and O–H groups in total. The summed E-state index contributed by atoms with van der Waals surface area (Å²) < 4.78 is 10.6. The van der Waals surface area contributed by atoms with Crippen molar-refractivity contribution in [2.45, 2.75) is 52.1 Å². The van der Waals surface area contributed by atoms with Crippen LogP contribution in [0.25, 0.3) is 0 Å². The summed E-state index contributed by atoms with van der Waals surface area (Å²) in [4.78, 5) is 13.7. The third-order valence-corrected chi connectivity index (χ3v) is 5.06. The van der Waals surface area contributed by atoms with Crippen LogP contribution < -0.4 is 4.74 Å². The van der Waals surface area contributed by atoms with E-state index in [4.69, 9.17) is 9.47 Å².